The Kier molecular flexibility index (Phi) is 7.38. The van der Waals surface area contributed by atoms with Gasteiger partial charge in [-0.25, -0.2) is 0 Å². The van der Waals surface area contributed by atoms with Crippen LogP contribution in [-0.2, 0) is 9.59 Å². The number of amides is 1. The summed E-state index contributed by atoms with van der Waals surface area (Å²) in [6, 6.07) is 15.5. The summed E-state index contributed by atoms with van der Waals surface area (Å²) in [6.45, 7) is 6.14. The van der Waals surface area contributed by atoms with Crippen LogP contribution in [0.1, 0.15) is 36.6 Å². The first-order valence-corrected chi connectivity index (χ1v) is 11.9. The molecule has 1 saturated heterocycles. The Morgan fingerprint density at radius 2 is 1.70 bits per heavy atom. The molecule has 4 rings (SSSR count). The van der Waals surface area contributed by atoms with Crippen molar-refractivity contribution in [3.8, 4) is 23.0 Å². The molecule has 1 unspecified atom stereocenters. The van der Waals surface area contributed by atoms with E-state index >= 15 is 0 Å². The number of hydrogen-bond donors (Lipinski definition) is 2. The molecule has 1 aliphatic heterocycles. The second-order valence-electron chi connectivity index (χ2n) is 8.44. The van der Waals surface area contributed by atoms with Crippen molar-refractivity contribution in [1.82, 2.24) is 0 Å². The molecule has 1 aliphatic rings. The number of nitrogens with zero attached hydrogens (tertiary/aromatic N) is 1. The van der Waals surface area contributed by atoms with Crippen LogP contribution in [0.15, 0.2) is 66.2 Å². The number of benzene rings is 3. The second kappa shape index (κ2) is 10.7. The van der Waals surface area contributed by atoms with E-state index in [0.29, 0.717) is 47.1 Å². The van der Waals surface area contributed by atoms with Crippen molar-refractivity contribution < 1.29 is 34.0 Å². The first-order chi connectivity index (χ1) is 17.8. The maximum absolute atomic E-state index is 13.5. The lowest BCUT2D eigenvalue weighted by Gasteiger charge is -2.26. The standard InChI is InChI=1S/C29H29NO7/c1-5-36-21-9-7-8-19(16-21)30-26(18-10-13-23(31)24(15-18)37-6-2)25(28(33)29(30)34)27(32)22-12-11-20(35-4)14-17(22)3/h7-16,26,31-32H,5-6H2,1-4H3/b27-25+. The van der Waals surface area contributed by atoms with Gasteiger partial charge in [0.25, 0.3) is 11.7 Å². The molecular weight excluding hydrogens is 474 g/mol. The molecule has 0 bridgehead atoms. The summed E-state index contributed by atoms with van der Waals surface area (Å²) in [5, 5.41) is 21.7. The fourth-order valence-corrected chi connectivity index (χ4v) is 4.45. The van der Waals surface area contributed by atoms with E-state index < -0.39 is 17.7 Å². The van der Waals surface area contributed by atoms with Gasteiger partial charge in [-0.2, -0.15) is 0 Å². The summed E-state index contributed by atoms with van der Waals surface area (Å²) in [4.78, 5) is 28.3. The number of carbonyl (C=O) groups is 2. The highest BCUT2D eigenvalue weighted by Crippen LogP contribution is 2.45. The zero-order valence-corrected chi connectivity index (χ0v) is 21.1. The van der Waals surface area contributed by atoms with Crippen LogP contribution in [0.25, 0.3) is 5.76 Å². The molecule has 3 aromatic carbocycles. The fraction of sp³-hybridized carbons (Fsp3) is 0.241. The number of hydrogen-bond acceptors (Lipinski definition) is 7. The van der Waals surface area contributed by atoms with Crippen molar-refractivity contribution in [3.63, 3.8) is 0 Å². The number of aromatic hydroxyl groups is 1. The van der Waals surface area contributed by atoms with Crippen molar-refractivity contribution in [2.75, 3.05) is 25.2 Å². The molecule has 0 spiro atoms. The molecular formula is C29H29NO7. The first kappa shape index (κ1) is 25.6. The van der Waals surface area contributed by atoms with Gasteiger partial charge in [-0.15, -0.1) is 0 Å². The number of methoxy groups -OCH3 is 1. The zero-order chi connectivity index (χ0) is 26.7. The van der Waals surface area contributed by atoms with Gasteiger partial charge < -0.3 is 24.4 Å². The van der Waals surface area contributed by atoms with Crippen LogP contribution < -0.4 is 19.1 Å². The SMILES string of the molecule is CCOc1cccc(N2C(=O)C(=O)/C(=C(/O)c3ccc(OC)cc3C)C2c2ccc(O)c(OCC)c2)c1. The molecule has 8 heteroatoms. The second-order valence-corrected chi connectivity index (χ2v) is 8.44. The Morgan fingerprint density at radius 1 is 0.946 bits per heavy atom. The molecule has 1 fully saturated rings. The van der Waals surface area contributed by atoms with Crippen LogP contribution in [0.4, 0.5) is 5.69 Å². The Morgan fingerprint density at radius 3 is 2.38 bits per heavy atom. The lowest BCUT2D eigenvalue weighted by molar-refractivity contribution is -0.132. The average Bonchev–Trinajstić information content (AvgIpc) is 3.15. The molecule has 37 heavy (non-hydrogen) atoms. The Bertz CT molecular complexity index is 1380. The minimum absolute atomic E-state index is 0.0757. The molecule has 1 heterocycles. The maximum atomic E-state index is 13.5. The largest absolute Gasteiger partial charge is 0.507 e. The number of aryl methyl sites for hydroxylation is 1. The van der Waals surface area contributed by atoms with E-state index in [-0.39, 0.29) is 22.8 Å². The van der Waals surface area contributed by atoms with Crippen LogP contribution in [-0.4, -0.2) is 42.2 Å². The van der Waals surface area contributed by atoms with Crippen LogP contribution in [0, 0.1) is 6.92 Å². The minimum Gasteiger partial charge on any atom is -0.507 e. The average molecular weight is 504 g/mol. The normalized spacial score (nSPS) is 16.6. The Hall–Kier alpha value is -4.46. The van der Waals surface area contributed by atoms with Gasteiger partial charge >= 0.3 is 0 Å². The van der Waals surface area contributed by atoms with E-state index in [4.69, 9.17) is 14.2 Å². The molecule has 3 aromatic rings. The third-order valence-electron chi connectivity index (χ3n) is 6.14. The summed E-state index contributed by atoms with van der Waals surface area (Å²) in [6.07, 6.45) is 0. The fourth-order valence-electron chi connectivity index (χ4n) is 4.45. The number of ether oxygens (including phenoxy) is 3. The van der Waals surface area contributed by atoms with Crippen LogP contribution in [0.2, 0.25) is 0 Å². The number of carbonyl (C=O) groups excluding carboxylic acids is 2. The predicted octanol–water partition coefficient (Wildman–Crippen LogP) is 5.13. The minimum atomic E-state index is -0.988. The molecule has 8 nitrogen and oxygen atoms in total. The number of rotatable bonds is 8. The van der Waals surface area contributed by atoms with Crippen molar-refractivity contribution in [2.45, 2.75) is 26.8 Å². The van der Waals surface area contributed by atoms with E-state index in [2.05, 4.69) is 0 Å². The van der Waals surface area contributed by atoms with Crippen molar-refractivity contribution in [3.05, 3.63) is 82.9 Å². The molecule has 0 saturated carbocycles. The van der Waals surface area contributed by atoms with E-state index in [1.165, 1.54) is 18.1 Å². The van der Waals surface area contributed by atoms with Crippen LogP contribution in [0.5, 0.6) is 23.0 Å². The van der Waals surface area contributed by atoms with Gasteiger partial charge in [0, 0.05) is 17.3 Å². The van der Waals surface area contributed by atoms with Crippen molar-refractivity contribution in [1.29, 1.82) is 0 Å². The van der Waals surface area contributed by atoms with Crippen molar-refractivity contribution in [2.24, 2.45) is 0 Å². The molecule has 192 valence electrons. The summed E-state index contributed by atoms with van der Waals surface area (Å²) >= 11 is 0. The van der Waals surface area contributed by atoms with Crippen LogP contribution in [0.3, 0.4) is 0 Å². The number of ketones is 1. The molecule has 1 atom stereocenters. The van der Waals surface area contributed by atoms with E-state index in [9.17, 15) is 19.8 Å². The maximum Gasteiger partial charge on any atom is 0.300 e. The van der Waals surface area contributed by atoms with Gasteiger partial charge in [0.15, 0.2) is 11.5 Å². The summed E-state index contributed by atoms with van der Waals surface area (Å²) < 4.78 is 16.4. The topological polar surface area (TPSA) is 106 Å². The van der Waals surface area contributed by atoms with Crippen LogP contribution >= 0.6 is 0 Å². The van der Waals surface area contributed by atoms with Gasteiger partial charge in [0.05, 0.1) is 31.9 Å². The predicted molar refractivity (Wildman–Crippen MR) is 139 cm³/mol. The first-order valence-electron chi connectivity index (χ1n) is 11.9. The smallest absolute Gasteiger partial charge is 0.300 e. The summed E-state index contributed by atoms with van der Waals surface area (Å²) in [5.74, 6) is -0.673. The van der Waals surface area contributed by atoms with Gasteiger partial charge in [-0.3, -0.25) is 14.5 Å². The molecule has 0 aromatic heterocycles. The Labute approximate surface area is 215 Å². The number of phenolic OH excluding ortho intramolecular Hbond substituents is 1. The van der Waals surface area contributed by atoms with E-state index in [1.54, 1.807) is 68.4 Å². The van der Waals surface area contributed by atoms with Gasteiger partial charge in [0.2, 0.25) is 0 Å². The third kappa shape index (κ3) is 4.82. The van der Waals surface area contributed by atoms with E-state index in [0.717, 1.165) is 0 Å². The molecule has 0 radical (unpaired) electrons. The number of Topliss-reactive ketones (excluding diaryl/α,β-unsaturated/α-hetero) is 1. The summed E-state index contributed by atoms with van der Waals surface area (Å²) in [7, 11) is 1.54. The van der Waals surface area contributed by atoms with Crippen molar-refractivity contribution >= 4 is 23.1 Å². The molecule has 1 amide bonds. The molecule has 0 aliphatic carbocycles. The van der Waals surface area contributed by atoms with Gasteiger partial charge in [-0.05, 0) is 74.4 Å². The monoisotopic (exact) mass is 503 g/mol. The van der Waals surface area contributed by atoms with Gasteiger partial charge in [-0.1, -0.05) is 12.1 Å². The highest BCUT2D eigenvalue weighted by molar-refractivity contribution is 6.51. The summed E-state index contributed by atoms with van der Waals surface area (Å²) in [5.41, 5.74) is 1.90. The lowest BCUT2D eigenvalue weighted by Crippen LogP contribution is -2.29. The number of aliphatic hydroxyl groups is 1. The highest BCUT2D eigenvalue weighted by Gasteiger charge is 2.47. The number of aliphatic hydroxyl groups excluding tert-OH is 1. The Balaban J connectivity index is 1.96. The lowest BCUT2D eigenvalue weighted by atomic mass is 9.93. The van der Waals surface area contributed by atoms with Gasteiger partial charge in [0.1, 0.15) is 17.3 Å². The highest BCUT2D eigenvalue weighted by atomic mass is 16.5. The molecule has 2 N–H and O–H groups in total. The number of anilines is 1. The van der Waals surface area contributed by atoms with E-state index in [1.807, 2.05) is 6.92 Å². The zero-order valence-electron chi connectivity index (χ0n) is 21.1. The number of phenols is 1. The third-order valence-corrected chi connectivity index (χ3v) is 6.14. The quantitative estimate of drug-likeness (QED) is 0.249.